The summed E-state index contributed by atoms with van der Waals surface area (Å²) in [4.78, 5) is 0. The standard InChI is InChI=1S/C9H8O3S/c1-12-8-2-5-7(11)4-13-9(5)3-6(8)10/h2-4,10-11H,1H3. The van der Waals surface area contributed by atoms with Gasteiger partial charge in [0.15, 0.2) is 11.5 Å². The highest BCUT2D eigenvalue weighted by Gasteiger charge is 2.08. The van der Waals surface area contributed by atoms with Crippen LogP contribution in [-0.2, 0) is 0 Å². The Morgan fingerprint density at radius 2 is 2.00 bits per heavy atom. The summed E-state index contributed by atoms with van der Waals surface area (Å²) in [6.07, 6.45) is 0. The lowest BCUT2D eigenvalue weighted by Gasteiger charge is -2.02. The van der Waals surface area contributed by atoms with Gasteiger partial charge in [-0.15, -0.1) is 11.3 Å². The quantitative estimate of drug-likeness (QED) is 0.735. The minimum absolute atomic E-state index is 0.0943. The molecule has 4 heteroatoms. The van der Waals surface area contributed by atoms with E-state index in [0.29, 0.717) is 11.1 Å². The maximum atomic E-state index is 9.42. The van der Waals surface area contributed by atoms with Gasteiger partial charge in [-0.3, -0.25) is 0 Å². The van der Waals surface area contributed by atoms with Crippen molar-refractivity contribution >= 4 is 21.4 Å². The monoisotopic (exact) mass is 196 g/mol. The van der Waals surface area contributed by atoms with Crippen molar-refractivity contribution in [2.24, 2.45) is 0 Å². The number of aromatic hydroxyl groups is 2. The molecule has 2 aromatic rings. The van der Waals surface area contributed by atoms with Crippen molar-refractivity contribution in [2.45, 2.75) is 0 Å². The van der Waals surface area contributed by atoms with Crippen LogP contribution in [-0.4, -0.2) is 17.3 Å². The Kier molecular flexibility index (Phi) is 1.77. The number of phenols is 1. The summed E-state index contributed by atoms with van der Waals surface area (Å²) in [5.41, 5.74) is 0. The zero-order valence-electron chi connectivity index (χ0n) is 6.94. The van der Waals surface area contributed by atoms with Gasteiger partial charge in [-0.2, -0.15) is 0 Å². The first-order valence-corrected chi connectivity index (χ1v) is 4.57. The molecular formula is C9H8O3S. The Labute approximate surface area is 78.8 Å². The molecule has 0 aliphatic carbocycles. The number of hydrogen-bond acceptors (Lipinski definition) is 4. The molecule has 0 unspecified atom stereocenters. The van der Waals surface area contributed by atoms with Crippen LogP contribution >= 0.6 is 11.3 Å². The summed E-state index contributed by atoms with van der Waals surface area (Å²) in [5, 5.41) is 21.1. The maximum Gasteiger partial charge on any atom is 0.161 e. The van der Waals surface area contributed by atoms with Gasteiger partial charge in [0.2, 0.25) is 0 Å². The van der Waals surface area contributed by atoms with E-state index in [1.54, 1.807) is 17.5 Å². The zero-order valence-corrected chi connectivity index (χ0v) is 7.76. The molecular weight excluding hydrogens is 188 g/mol. The normalized spacial score (nSPS) is 10.5. The van der Waals surface area contributed by atoms with Gasteiger partial charge < -0.3 is 14.9 Å². The molecule has 1 aromatic carbocycles. The molecule has 0 aliphatic heterocycles. The van der Waals surface area contributed by atoms with E-state index in [1.165, 1.54) is 18.4 Å². The third-order valence-electron chi connectivity index (χ3n) is 1.85. The molecule has 3 nitrogen and oxygen atoms in total. The Morgan fingerprint density at radius 1 is 1.23 bits per heavy atom. The van der Waals surface area contributed by atoms with Crippen LogP contribution in [0, 0.1) is 0 Å². The second-order valence-corrected chi connectivity index (χ2v) is 3.55. The molecule has 1 aromatic heterocycles. The van der Waals surface area contributed by atoms with Gasteiger partial charge in [0.05, 0.1) is 7.11 Å². The van der Waals surface area contributed by atoms with Crippen LogP contribution in [0.5, 0.6) is 17.2 Å². The average molecular weight is 196 g/mol. The summed E-state index contributed by atoms with van der Waals surface area (Å²) in [5.74, 6) is 0.691. The summed E-state index contributed by atoms with van der Waals surface area (Å²) in [7, 11) is 1.48. The molecule has 0 radical (unpaired) electrons. The molecule has 2 N–H and O–H groups in total. The molecule has 0 saturated carbocycles. The van der Waals surface area contributed by atoms with Crippen LogP contribution in [0.1, 0.15) is 0 Å². The summed E-state index contributed by atoms with van der Waals surface area (Å²) in [6, 6.07) is 3.20. The molecule has 0 bridgehead atoms. The van der Waals surface area contributed by atoms with Crippen molar-refractivity contribution in [3.63, 3.8) is 0 Å². The van der Waals surface area contributed by atoms with Crippen molar-refractivity contribution in [1.82, 2.24) is 0 Å². The number of ether oxygens (including phenoxy) is 1. The van der Waals surface area contributed by atoms with Gasteiger partial charge >= 0.3 is 0 Å². The molecule has 0 fully saturated rings. The molecule has 0 aliphatic rings. The maximum absolute atomic E-state index is 9.42. The van der Waals surface area contributed by atoms with Gasteiger partial charge in [-0.05, 0) is 6.07 Å². The SMILES string of the molecule is COc1cc2c(O)csc2cc1O. The lowest BCUT2D eigenvalue weighted by atomic mass is 10.2. The third kappa shape index (κ3) is 1.19. The van der Waals surface area contributed by atoms with E-state index in [4.69, 9.17) is 4.74 Å². The van der Waals surface area contributed by atoms with Crippen LogP contribution < -0.4 is 4.74 Å². The minimum Gasteiger partial charge on any atom is -0.506 e. The lowest BCUT2D eigenvalue weighted by Crippen LogP contribution is -1.82. The average Bonchev–Trinajstić information content (AvgIpc) is 2.46. The number of rotatable bonds is 1. The van der Waals surface area contributed by atoms with Gasteiger partial charge in [-0.25, -0.2) is 0 Å². The fourth-order valence-electron chi connectivity index (χ4n) is 1.19. The fourth-order valence-corrected chi connectivity index (χ4v) is 2.03. The number of phenolic OH excluding ortho intramolecular Hbond substituents is 1. The summed E-state index contributed by atoms with van der Waals surface area (Å²) < 4.78 is 5.76. The van der Waals surface area contributed by atoms with Crippen molar-refractivity contribution in [1.29, 1.82) is 0 Å². The minimum atomic E-state index is 0.0943. The van der Waals surface area contributed by atoms with E-state index in [-0.39, 0.29) is 11.5 Å². The predicted molar refractivity (Wildman–Crippen MR) is 51.7 cm³/mol. The number of hydrogen-bond donors (Lipinski definition) is 2. The van der Waals surface area contributed by atoms with E-state index < -0.39 is 0 Å². The molecule has 13 heavy (non-hydrogen) atoms. The highest BCUT2D eigenvalue weighted by atomic mass is 32.1. The number of thiophene rings is 1. The lowest BCUT2D eigenvalue weighted by molar-refractivity contribution is 0.374. The van der Waals surface area contributed by atoms with Crippen LogP contribution in [0.15, 0.2) is 17.5 Å². The van der Waals surface area contributed by atoms with Gasteiger partial charge in [-0.1, -0.05) is 0 Å². The van der Waals surface area contributed by atoms with E-state index in [1.807, 2.05) is 0 Å². The predicted octanol–water partition coefficient (Wildman–Crippen LogP) is 2.32. The van der Waals surface area contributed by atoms with Crippen molar-refractivity contribution in [3.05, 3.63) is 17.5 Å². The molecule has 0 spiro atoms. The Morgan fingerprint density at radius 3 is 2.69 bits per heavy atom. The van der Waals surface area contributed by atoms with Crippen LogP contribution in [0.3, 0.4) is 0 Å². The summed E-state index contributed by atoms with van der Waals surface area (Å²) in [6.45, 7) is 0. The third-order valence-corrected chi connectivity index (χ3v) is 2.79. The first-order chi connectivity index (χ1) is 6.22. The second kappa shape index (κ2) is 2.81. The molecule has 68 valence electrons. The molecule has 0 amide bonds. The second-order valence-electron chi connectivity index (χ2n) is 2.64. The van der Waals surface area contributed by atoms with Crippen LogP contribution in [0.25, 0.3) is 10.1 Å². The van der Waals surface area contributed by atoms with E-state index in [9.17, 15) is 10.2 Å². The van der Waals surface area contributed by atoms with Crippen molar-refractivity contribution in [2.75, 3.05) is 7.11 Å². The number of fused-ring (bicyclic) bond motifs is 1. The van der Waals surface area contributed by atoms with Gasteiger partial charge in [0.25, 0.3) is 0 Å². The van der Waals surface area contributed by atoms with Crippen LogP contribution in [0.4, 0.5) is 0 Å². The molecule has 0 saturated heterocycles. The highest BCUT2D eigenvalue weighted by Crippen LogP contribution is 2.38. The first-order valence-electron chi connectivity index (χ1n) is 3.69. The Balaban J connectivity index is 2.77. The summed E-state index contributed by atoms with van der Waals surface area (Å²) >= 11 is 1.38. The molecule has 1 heterocycles. The van der Waals surface area contributed by atoms with Crippen LogP contribution in [0.2, 0.25) is 0 Å². The fraction of sp³-hybridized carbons (Fsp3) is 0.111. The Hall–Kier alpha value is -1.42. The first kappa shape index (κ1) is 8.19. The van der Waals surface area contributed by atoms with E-state index in [0.717, 1.165) is 4.70 Å². The van der Waals surface area contributed by atoms with E-state index in [2.05, 4.69) is 0 Å². The Bertz CT molecular complexity index is 447. The number of methoxy groups -OCH3 is 1. The highest BCUT2D eigenvalue weighted by molar-refractivity contribution is 7.17. The largest absolute Gasteiger partial charge is 0.506 e. The van der Waals surface area contributed by atoms with Crippen molar-refractivity contribution < 1.29 is 14.9 Å². The number of benzene rings is 1. The van der Waals surface area contributed by atoms with E-state index >= 15 is 0 Å². The van der Waals surface area contributed by atoms with Crippen molar-refractivity contribution in [3.8, 4) is 17.2 Å². The molecule has 2 rings (SSSR count). The smallest absolute Gasteiger partial charge is 0.161 e. The molecule has 0 atom stereocenters. The van der Waals surface area contributed by atoms with Gasteiger partial charge in [0.1, 0.15) is 5.75 Å². The topological polar surface area (TPSA) is 49.7 Å². The van der Waals surface area contributed by atoms with Gasteiger partial charge in [0, 0.05) is 21.5 Å². The zero-order chi connectivity index (χ0) is 9.42.